The maximum atomic E-state index is 11.9. The molecule has 7 nitrogen and oxygen atoms in total. The molecule has 0 aromatic rings. The summed E-state index contributed by atoms with van der Waals surface area (Å²) in [7, 11) is -4.02. The summed E-state index contributed by atoms with van der Waals surface area (Å²) < 4.78 is 31.1. The summed E-state index contributed by atoms with van der Waals surface area (Å²) in [5, 5.41) is 2.98. The van der Waals surface area contributed by atoms with Gasteiger partial charge in [0, 0.05) is 14.0 Å². The SMILES string of the molecule is COC1O[C@H](CO[Si](C)(C)C)[C@H](O[Si](C)(C)C)[C@H](O[Si](C)(C)C)[C@H]1NC(C)=O. The minimum atomic E-state index is -1.95. The lowest BCUT2D eigenvalue weighted by atomic mass is 9.97. The largest absolute Gasteiger partial charge is 0.415 e. The lowest BCUT2D eigenvalue weighted by molar-refractivity contribution is -0.255. The lowest BCUT2D eigenvalue weighted by Gasteiger charge is -2.49. The number of methoxy groups -OCH3 is 1. The molecule has 1 amide bonds. The molecule has 1 fully saturated rings. The van der Waals surface area contributed by atoms with Crippen molar-refractivity contribution in [1.82, 2.24) is 5.32 Å². The third-order valence-electron chi connectivity index (χ3n) is 3.91. The molecule has 0 aromatic carbocycles. The van der Waals surface area contributed by atoms with E-state index in [9.17, 15) is 4.79 Å². The Balaban J connectivity index is 3.30. The minimum absolute atomic E-state index is 0.150. The topological polar surface area (TPSA) is 75.2 Å². The molecule has 1 aliphatic heterocycles. The highest BCUT2D eigenvalue weighted by Gasteiger charge is 2.50. The molecule has 166 valence electrons. The van der Waals surface area contributed by atoms with Gasteiger partial charge in [-0.15, -0.1) is 0 Å². The highest BCUT2D eigenvalue weighted by molar-refractivity contribution is 6.70. The van der Waals surface area contributed by atoms with E-state index in [0.717, 1.165) is 0 Å². The summed E-state index contributed by atoms with van der Waals surface area (Å²) in [4.78, 5) is 11.9. The van der Waals surface area contributed by atoms with Crippen molar-refractivity contribution in [3.63, 3.8) is 0 Å². The number of ether oxygens (including phenoxy) is 2. The van der Waals surface area contributed by atoms with Gasteiger partial charge in [-0.1, -0.05) is 0 Å². The molecule has 1 N–H and O–H groups in total. The van der Waals surface area contributed by atoms with Gasteiger partial charge in [-0.2, -0.15) is 0 Å². The molecule has 0 aromatic heterocycles. The van der Waals surface area contributed by atoms with Crippen LogP contribution in [-0.2, 0) is 27.5 Å². The summed E-state index contributed by atoms with van der Waals surface area (Å²) in [6.07, 6.45) is -1.65. The van der Waals surface area contributed by atoms with Gasteiger partial charge >= 0.3 is 0 Å². The van der Waals surface area contributed by atoms with Crippen molar-refractivity contribution >= 4 is 30.9 Å². The summed E-state index contributed by atoms with van der Waals surface area (Å²) in [5.41, 5.74) is 0. The molecule has 5 atom stereocenters. The molecule has 0 bridgehead atoms. The number of hydrogen-bond donors (Lipinski definition) is 1. The summed E-state index contributed by atoms with van der Waals surface area (Å²) in [6.45, 7) is 21.2. The van der Waals surface area contributed by atoms with Gasteiger partial charge in [0.25, 0.3) is 0 Å². The van der Waals surface area contributed by atoms with Crippen molar-refractivity contribution in [1.29, 1.82) is 0 Å². The second-order valence-electron chi connectivity index (χ2n) is 10.3. The fourth-order valence-corrected chi connectivity index (χ4v) is 5.92. The predicted octanol–water partition coefficient (Wildman–Crippen LogP) is 3.15. The summed E-state index contributed by atoms with van der Waals surface area (Å²) in [6, 6.07) is -0.446. The Morgan fingerprint density at radius 3 is 1.79 bits per heavy atom. The summed E-state index contributed by atoms with van der Waals surface area (Å²) in [5.74, 6) is -0.150. The third kappa shape index (κ3) is 9.16. The first-order chi connectivity index (χ1) is 12.5. The zero-order chi connectivity index (χ0) is 21.9. The fraction of sp³-hybridized carbons (Fsp3) is 0.944. The highest BCUT2D eigenvalue weighted by Crippen LogP contribution is 2.31. The maximum Gasteiger partial charge on any atom is 0.217 e. The van der Waals surface area contributed by atoms with Gasteiger partial charge in [0.2, 0.25) is 5.91 Å². The molecule has 0 saturated carbocycles. The van der Waals surface area contributed by atoms with Crippen LogP contribution in [0.5, 0.6) is 0 Å². The van der Waals surface area contributed by atoms with Crippen molar-refractivity contribution in [2.24, 2.45) is 0 Å². The van der Waals surface area contributed by atoms with Crippen molar-refractivity contribution in [2.45, 2.75) is 96.5 Å². The van der Waals surface area contributed by atoms with Crippen LogP contribution < -0.4 is 5.32 Å². The molecular formula is C18H41NO6Si3. The number of hydrogen-bond acceptors (Lipinski definition) is 6. The van der Waals surface area contributed by atoms with Crippen LogP contribution >= 0.6 is 0 Å². The average molecular weight is 452 g/mol. The van der Waals surface area contributed by atoms with Crippen molar-refractivity contribution in [3.05, 3.63) is 0 Å². The Morgan fingerprint density at radius 2 is 1.39 bits per heavy atom. The molecule has 1 rings (SSSR count). The maximum absolute atomic E-state index is 11.9. The van der Waals surface area contributed by atoms with Gasteiger partial charge in [0.05, 0.1) is 12.7 Å². The van der Waals surface area contributed by atoms with E-state index in [1.165, 1.54) is 6.92 Å². The number of amides is 1. The second-order valence-corrected chi connectivity index (χ2v) is 23.8. The highest BCUT2D eigenvalue weighted by atomic mass is 28.4. The zero-order valence-corrected chi connectivity index (χ0v) is 22.5. The number of carbonyl (C=O) groups excluding carboxylic acids is 1. The Morgan fingerprint density at radius 1 is 0.893 bits per heavy atom. The zero-order valence-electron chi connectivity index (χ0n) is 19.5. The Labute approximate surface area is 174 Å². The second kappa shape index (κ2) is 9.82. The Bertz CT molecular complexity index is 515. The van der Waals surface area contributed by atoms with Gasteiger partial charge in [-0.25, -0.2) is 0 Å². The lowest BCUT2D eigenvalue weighted by Crippen LogP contribution is -2.68. The molecule has 28 heavy (non-hydrogen) atoms. The van der Waals surface area contributed by atoms with Crippen molar-refractivity contribution in [2.75, 3.05) is 13.7 Å². The minimum Gasteiger partial charge on any atom is -0.415 e. The van der Waals surface area contributed by atoms with Crippen molar-refractivity contribution < 1.29 is 27.5 Å². The van der Waals surface area contributed by atoms with Crippen LogP contribution in [-0.4, -0.2) is 75.2 Å². The van der Waals surface area contributed by atoms with Crippen LogP contribution in [0.4, 0.5) is 0 Å². The van der Waals surface area contributed by atoms with Gasteiger partial charge in [0.1, 0.15) is 18.2 Å². The van der Waals surface area contributed by atoms with Crippen LogP contribution in [0.3, 0.4) is 0 Å². The number of rotatable bonds is 9. The first kappa shape index (κ1) is 26.0. The number of nitrogens with one attached hydrogen (secondary N) is 1. The van der Waals surface area contributed by atoms with Crippen LogP contribution in [0.15, 0.2) is 0 Å². The molecule has 1 aliphatic rings. The predicted molar refractivity (Wildman–Crippen MR) is 119 cm³/mol. The van der Waals surface area contributed by atoms with Gasteiger partial charge in [-0.3, -0.25) is 4.79 Å². The van der Waals surface area contributed by atoms with Crippen molar-refractivity contribution in [3.8, 4) is 0 Å². The van der Waals surface area contributed by atoms with E-state index in [2.05, 4.69) is 64.2 Å². The van der Waals surface area contributed by atoms with E-state index in [0.29, 0.717) is 6.61 Å². The van der Waals surface area contributed by atoms with E-state index in [1.807, 2.05) is 0 Å². The fourth-order valence-electron chi connectivity index (χ4n) is 3.06. The van der Waals surface area contributed by atoms with Crippen LogP contribution in [0.25, 0.3) is 0 Å². The third-order valence-corrected chi connectivity index (χ3v) is 6.90. The molecule has 1 heterocycles. The van der Waals surface area contributed by atoms with E-state index >= 15 is 0 Å². The van der Waals surface area contributed by atoms with E-state index in [1.54, 1.807) is 7.11 Å². The molecule has 10 heteroatoms. The van der Waals surface area contributed by atoms with Crippen LogP contribution in [0.1, 0.15) is 6.92 Å². The molecular weight excluding hydrogens is 410 g/mol. The molecule has 0 radical (unpaired) electrons. The average Bonchev–Trinajstić information content (AvgIpc) is 2.45. The van der Waals surface area contributed by atoms with E-state index < -0.39 is 37.3 Å². The quantitative estimate of drug-likeness (QED) is 0.543. The molecule has 1 unspecified atom stereocenters. The monoisotopic (exact) mass is 451 g/mol. The van der Waals surface area contributed by atoms with Gasteiger partial charge < -0.3 is 28.1 Å². The smallest absolute Gasteiger partial charge is 0.217 e. The molecule has 0 aliphatic carbocycles. The van der Waals surface area contributed by atoms with Gasteiger partial charge in [-0.05, 0) is 58.9 Å². The van der Waals surface area contributed by atoms with Crippen LogP contribution in [0.2, 0.25) is 58.9 Å². The van der Waals surface area contributed by atoms with Crippen LogP contribution in [0, 0.1) is 0 Å². The Kier molecular flexibility index (Phi) is 9.10. The normalized spacial score (nSPS) is 29.6. The summed E-state index contributed by atoms with van der Waals surface area (Å²) >= 11 is 0. The molecule has 1 saturated heterocycles. The van der Waals surface area contributed by atoms with E-state index in [4.69, 9.17) is 22.8 Å². The Hall–Kier alpha value is -0.0794. The van der Waals surface area contributed by atoms with E-state index in [-0.39, 0.29) is 24.2 Å². The van der Waals surface area contributed by atoms with Gasteiger partial charge in [0.15, 0.2) is 31.2 Å². The first-order valence-electron chi connectivity index (χ1n) is 9.97. The first-order valence-corrected chi connectivity index (χ1v) is 20.2. The standard InChI is InChI=1S/C18H41NO6Si3/c1-13(20)19-15-17(25-28(9,10)11)16(24-27(6,7)8)14(23-18(15)21-2)12-22-26(3,4)5/h14-18H,12H2,1-11H3,(H,19,20)/t14-,15-,16+,17-,18?/m1/s1. The number of carbonyl (C=O) groups is 1. The molecule has 0 spiro atoms.